The molecule has 0 atom stereocenters. The van der Waals surface area contributed by atoms with Crippen LogP contribution in [0.4, 0.5) is 11.4 Å². The fourth-order valence-corrected chi connectivity index (χ4v) is 3.07. The summed E-state index contributed by atoms with van der Waals surface area (Å²) in [6.07, 6.45) is 2.25. The SMILES string of the molecule is CCCCC(=O)Nc1ccc(NC(=O)c2ccc(OCc3ccccc3)cc2)cc1OC. The fraction of sp³-hybridized carbons (Fsp3) is 0.231. The molecule has 0 unspecified atom stereocenters. The molecule has 0 aliphatic carbocycles. The van der Waals surface area contributed by atoms with Crippen LogP contribution in [0.1, 0.15) is 42.1 Å². The molecule has 6 nitrogen and oxygen atoms in total. The number of methoxy groups -OCH3 is 1. The molecular weight excluding hydrogens is 404 g/mol. The monoisotopic (exact) mass is 432 g/mol. The third kappa shape index (κ3) is 6.60. The summed E-state index contributed by atoms with van der Waals surface area (Å²) in [4.78, 5) is 24.6. The highest BCUT2D eigenvalue weighted by Gasteiger charge is 2.11. The van der Waals surface area contributed by atoms with Crippen LogP contribution in [0.15, 0.2) is 72.8 Å². The minimum absolute atomic E-state index is 0.0588. The number of ether oxygens (including phenoxy) is 2. The van der Waals surface area contributed by atoms with Crippen molar-refractivity contribution >= 4 is 23.2 Å². The fourth-order valence-electron chi connectivity index (χ4n) is 3.07. The number of anilines is 2. The number of amides is 2. The van der Waals surface area contributed by atoms with Crippen molar-refractivity contribution < 1.29 is 19.1 Å². The lowest BCUT2D eigenvalue weighted by molar-refractivity contribution is -0.116. The van der Waals surface area contributed by atoms with Crippen LogP contribution >= 0.6 is 0 Å². The number of hydrogen-bond donors (Lipinski definition) is 2. The number of benzene rings is 3. The van der Waals surface area contributed by atoms with Gasteiger partial charge >= 0.3 is 0 Å². The van der Waals surface area contributed by atoms with E-state index in [2.05, 4.69) is 10.6 Å². The van der Waals surface area contributed by atoms with Gasteiger partial charge in [0.05, 0.1) is 12.8 Å². The zero-order chi connectivity index (χ0) is 22.8. The van der Waals surface area contributed by atoms with Crippen LogP contribution in [-0.2, 0) is 11.4 Å². The molecule has 0 heterocycles. The van der Waals surface area contributed by atoms with Gasteiger partial charge in [-0.1, -0.05) is 43.7 Å². The Balaban J connectivity index is 1.59. The summed E-state index contributed by atoms with van der Waals surface area (Å²) >= 11 is 0. The largest absolute Gasteiger partial charge is 0.494 e. The molecule has 0 bridgehead atoms. The van der Waals surface area contributed by atoms with Crippen LogP contribution in [0.3, 0.4) is 0 Å². The second-order valence-electron chi connectivity index (χ2n) is 7.32. The zero-order valence-corrected chi connectivity index (χ0v) is 18.4. The number of carbonyl (C=O) groups excluding carboxylic acids is 2. The highest BCUT2D eigenvalue weighted by Crippen LogP contribution is 2.28. The van der Waals surface area contributed by atoms with E-state index >= 15 is 0 Å². The maximum atomic E-state index is 12.6. The quantitative estimate of drug-likeness (QED) is 0.434. The summed E-state index contributed by atoms with van der Waals surface area (Å²) in [5.74, 6) is 0.866. The van der Waals surface area contributed by atoms with Crippen molar-refractivity contribution in [3.8, 4) is 11.5 Å². The van der Waals surface area contributed by atoms with Gasteiger partial charge in [-0.2, -0.15) is 0 Å². The van der Waals surface area contributed by atoms with Crippen LogP contribution in [0, 0.1) is 0 Å². The summed E-state index contributed by atoms with van der Waals surface area (Å²) in [5.41, 5.74) is 2.73. The molecule has 0 aliphatic rings. The van der Waals surface area contributed by atoms with Gasteiger partial charge in [0.1, 0.15) is 18.1 Å². The highest BCUT2D eigenvalue weighted by atomic mass is 16.5. The van der Waals surface area contributed by atoms with E-state index in [4.69, 9.17) is 9.47 Å². The first kappa shape index (κ1) is 22.9. The summed E-state index contributed by atoms with van der Waals surface area (Å²) in [7, 11) is 1.52. The number of carbonyl (C=O) groups is 2. The van der Waals surface area contributed by atoms with Crippen molar-refractivity contribution in [2.24, 2.45) is 0 Å². The van der Waals surface area contributed by atoms with E-state index in [1.54, 1.807) is 42.5 Å². The average Bonchev–Trinajstić information content (AvgIpc) is 2.83. The lowest BCUT2D eigenvalue weighted by Crippen LogP contribution is -2.13. The molecule has 32 heavy (non-hydrogen) atoms. The molecule has 2 amide bonds. The van der Waals surface area contributed by atoms with E-state index in [0.717, 1.165) is 18.4 Å². The summed E-state index contributed by atoms with van der Waals surface area (Å²) in [5, 5.41) is 5.70. The van der Waals surface area contributed by atoms with E-state index in [-0.39, 0.29) is 11.8 Å². The van der Waals surface area contributed by atoms with E-state index in [1.807, 2.05) is 37.3 Å². The van der Waals surface area contributed by atoms with Crippen molar-refractivity contribution in [3.05, 3.63) is 83.9 Å². The first-order valence-electron chi connectivity index (χ1n) is 10.6. The summed E-state index contributed by atoms with van der Waals surface area (Å²) in [6.45, 7) is 2.50. The lowest BCUT2D eigenvalue weighted by Gasteiger charge is -2.13. The zero-order valence-electron chi connectivity index (χ0n) is 18.4. The molecule has 6 heteroatoms. The molecule has 0 radical (unpaired) electrons. The van der Waals surface area contributed by atoms with Crippen molar-refractivity contribution in [1.82, 2.24) is 0 Å². The topological polar surface area (TPSA) is 76.7 Å². The average molecular weight is 433 g/mol. The van der Waals surface area contributed by atoms with Gasteiger partial charge in [-0.3, -0.25) is 9.59 Å². The van der Waals surface area contributed by atoms with Gasteiger partial charge < -0.3 is 20.1 Å². The molecule has 3 aromatic rings. The molecule has 166 valence electrons. The summed E-state index contributed by atoms with van der Waals surface area (Å²) < 4.78 is 11.1. The first-order valence-corrected chi connectivity index (χ1v) is 10.6. The standard InChI is InChI=1S/C26H28N2O4/c1-3-4-10-25(29)28-23-16-13-21(17-24(23)31-2)27-26(30)20-11-14-22(15-12-20)32-18-19-8-6-5-7-9-19/h5-9,11-17H,3-4,10,18H2,1-2H3,(H,27,30)(H,28,29). The Labute approximate surface area is 188 Å². The minimum atomic E-state index is -0.249. The maximum Gasteiger partial charge on any atom is 0.255 e. The highest BCUT2D eigenvalue weighted by molar-refractivity contribution is 6.04. The second kappa shape index (κ2) is 11.6. The van der Waals surface area contributed by atoms with Crippen molar-refractivity contribution in [3.63, 3.8) is 0 Å². The Kier molecular flexibility index (Phi) is 8.26. The molecule has 3 aromatic carbocycles. The Morgan fingerprint density at radius 1 is 0.906 bits per heavy atom. The predicted molar refractivity (Wildman–Crippen MR) is 126 cm³/mol. The molecule has 0 fully saturated rings. The van der Waals surface area contributed by atoms with E-state index in [0.29, 0.717) is 41.5 Å². The Hall–Kier alpha value is -3.80. The van der Waals surface area contributed by atoms with Gasteiger partial charge in [0.15, 0.2) is 0 Å². The Morgan fingerprint density at radius 3 is 2.34 bits per heavy atom. The van der Waals surface area contributed by atoms with Gasteiger partial charge in [0.2, 0.25) is 5.91 Å². The van der Waals surface area contributed by atoms with Gasteiger partial charge in [-0.25, -0.2) is 0 Å². The second-order valence-corrected chi connectivity index (χ2v) is 7.32. The first-order chi connectivity index (χ1) is 15.6. The molecule has 0 saturated carbocycles. The third-order valence-electron chi connectivity index (χ3n) is 4.86. The molecule has 0 saturated heterocycles. The van der Waals surface area contributed by atoms with Crippen LogP contribution in [0.25, 0.3) is 0 Å². The molecule has 2 N–H and O–H groups in total. The Morgan fingerprint density at radius 2 is 1.66 bits per heavy atom. The third-order valence-corrected chi connectivity index (χ3v) is 4.86. The van der Waals surface area contributed by atoms with E-state index < -0.39 is 0 Å². The molecule has 0 aromatic heterocycles. The van der Waals surface area contributed by atoms with Gasteiger partial charge in [-0.05, 0) is 48.4 Å². The van der Waals surface area contributed by atoms with Gasteiger partial charge in [0, 0.05) is 23.7 Å². The van der Waals surface area contributed by atoms with Crippen LogP contribution < -0.4 is 20.1 Å². The number of unbranched alkanes of at least 4 members (excludes halogenated alkanes) is 1. The smallest absolute Gasteiger partial charge is 0.255 e. The van der Waals surface area contributed by atoms with Crippen molar-refractivity contribution in [1.29, 1.82) is 0 Å². The Bertz CT molecular complexity index is 1030. The van der Waals surface area contributed by atoms with E-state index in [1.165, 1.54) is 7.11 Å². The van der Waals surface area contributed by atoms with Gasteiger partial charge in [0.25, 0.3) is 5.91 Å². The molecular formula is C26H28N2O4. The van der Waals surface area contributed by atoms with E-state index in [9.17, 15) is 9.59 Å². The van der Waals surface area contributed by atoms with Crippen LogP contribution in [0.5, 0.6) is 11.5 Å². The van der Waals surface area contributed by atoms with Gasteiger partial charge in [-0.15, -0.1) is 0 Å². The maximum absolute atomic E-state index is 12.6. The van der Waals surface area contributed by atoms with Crippen molar-refractivity contribution in [2.75, 3.05) is 17.7 Å². The normalized spacial score (nSPS) is 10.3. The molecule has 3 rings (SSSR count). The van der Waals surface area contributed by atoms with Crippen LogP contribution in [-0.4, -0.2) is 18.9 Å². The lowest BCUT2D eigenvalue weighted by atomic mass is 10.2. The number of rotatable bonds is 10. The van der Waals surface area contributed by atoms with Crippen molar-refractivity contribution in [2.45, 2.75) is 32.8 Å². The van der Waals surface area contributed by atoms with Crippen LogP contribution in [0.2, 0.25) is 0 Å². The predicted octanol–water partition coefficient (Wildman–Crippen LogP) is 5.66. The molecule has 0 aliphatic heterocycles. The molecule has 0 spiro atoms. The number of nitrogens with one attached hydrogen (secondary N) is 2. The number of hydrogen-bond acceptors (Lipinski definition) is 4. The summed E-state index contributed by atoms with van der Waals surface area (Å²) in [6, 6.07) is 22.0. The minimum Gasteiger partial charge on any atom is -0.494 e.